The summed E-state index contributed by atoms with van der Waals surface area (Å²) >= 11 is 6.61. The van der Waals surface area contributed by atoms with Gasteiger partial charge in [0.2, 0.25) is 5.91 Å². The van der Waals surface area contributed by atoms with Crippen molar-refractivity contribution in [3.8, 4) is 11.1 Å². The molecule has 0 bridgehead atoms. The van der Waals surface area contributed by atoms with Gasteiger partial charge >= 0.3 is 0 Å². The van der Waals surface area contributed by atoms with E-state index in [1.54, 1.807) is 12.3 Å². The van der Waals surface area contributed by atoms with E-state index in [1.807, 2.05) is 23.0 Å². The van der Waals surface area contributed by atoms with E-state index in [9.17, 15) is 9.18 Å². The molecule has 168 valence electrons. The maximum Gasteiger partial charge on any atom is 0.231 e. The molecule has 1 saturated heterocycles. The Balaban J connectivity index is 1.52. The van der Waals surface area contributed by atoms with E-state index in [2.05, 4.69) is 29.2 Å². The SMILES string of the molecule is CC(C)c1c(-c2cc(Cl)c3cnc(NC(=O)[C@@H]4C[C@@H]4F)cc3c2)cnn1C1CCCCO1. The number of amides is 1. The molecule has 1 aromatic carbocycles. The average Bonchev–Trinajstić information content (AvgIpc) is 3.34. The van der Waals surface area contributed by atoms with Crippen LogP contribution >= 0.6 is 11.6 Å². The molecular weight excluding hydrogens is 431 g/mol. The summed E-state index contributed by atoms with van der Waals surface area (Å²) < 4.78 is 21.2. The second-order valence-electron chi connectivity index (χ2n) is 8.96. The highest BCUT2D eigenvalue weighted by molar-refractivity contribution is 6.36. The number of ether oxygens (including phenoxy) is 1. The summed E-state index contributed by atoms with van der Waals surface area (Å²) in [5.74, 6) is -0.261. The van der Waals surface area contributed by atoms with Crippen LogP contribution in [0.1, 0.15) is 57.4 Å². The van der Waals surface area contributed by atoms with Gasteiger partial charge in [0.25, 0.3) is 0 Å². The van der Waals surface area contributed by atoms with Gasteiger partial charge in [-0.05, 0) is 60.7 Å². The van der Waals surface area contributed by atoms with Gasteiger partial charge in [0, 0.05) is 23.8 Å². The van der Waals surface area contributed by atoms with Crippen LogP contribution in [-0.2, 0) is 9.53 Å². The highest BCUT2D eigenvalue weighted by Gasteiger charge is 2.43. The van der Waals surface area contributed by atoms with Gasteiger partial charge in [-0.2, -0.15) is 5.10 Å². The fourth-order valence-electron chi connectivity index (χ4n) is 4.41. The van der Waals surface area contributed by atoms with Gasteiger partial charge in [-0.15, -0.1) is 0 Å². The molecule has 2 aromatic heterocycles. The third-order valence-electron chi connectivity index (χ3n) is 6.21. The van der Waals surface area contributed by atoms with Crippen LogP contribution < -0.4 is 5.32 Å². The molecule has 1 aliphatic heterocycles. The van der Waals surface area contributed by atoms with Crippen molar-refractivity contribution in [2.75, 3.05) is 11.9 Å². The zero-order valence-electron chi connectivity index (χ0n) is 18.1. The van der Waals surface area contributed by atoms with Gasteiger partial charge < -0.3 is 10.1 Å². The average molecular weight is 457 g/mol. The van der Waals surface area contributed by atoms with Crippen molar-refractivity contribution in [2.24, 2.45) is 5.92 Å². The smallest absolute Gasteiger partial charge is 0.231 e. The topological polar surface area (TPSA) is 69.0 Å². The van der Waals surface area contributed by atoms with Crippen molar-refractivity contribution in [1.82, 2.24) is 14.8 Å². The molecule has 3 heterocycles. The van der Waals surface area contributed by atoms with Gasteiger partial charge in [0.05, 0.1) is 22.8 Å². The predicted octanol–water partition coefficient (Wildman–Crippen LogP) is 5.87. The molecule has 32 heavy (non-hydrogen) atoms. The van der Waals surface area contributed by atoms with Gasteiger partial charge in [-0.3, -0.25) is 4.79 Å². The highest BCUT2D eigenvalue weighted by Crippen LogP contribution is 2.38. The summed E-state index contributed by atoms with van der Waals surface area (Å²) in [6.07, 6.45) is 5.88. The number of alkyl halides is 1. The predicted molar refractivity (Wildman–Crippen MR) is 123 cm³/mol. The molecule has 8 heteroatoms. The minimum Gasteiger partial charge on any atom is -0.357 e. The zero-order valence-corrected chi connectivity index (χ0v) is 18.9. The molecule has 5 rings (SSSR count). The Morgan fingerprint density at radius 1 is 1.28 bits per heavy atom. The molecule has 1 saturated carbocycles. The molecule has 1 unspecified atom stereocenters. The summed E-state index contributed by atoms with van der Waals surface area (Å²) in [6, 6.07) is 5.74. The van der Waals surface area contributed by atoms with Crippen molar-refractivity contribution < 1.29 is 13.9 Å². The molecule has 1 N–H and O–H groups in total. The number of aromatic nitrogens is 3. The number of anilines is 1. The first-order valence-corrected chi connectivity index (χ1v) is 11.5. The molecule has 2 fully saturated rings. The molecular formula is C24H26ClFN4O2. The largest absolute Gasteiger partial charge is 0.357 e. The quantitative estimate of drug-likeness (QED) is 0.521. The van der Waals surface area contributed by atoms with Crippen LogP contribution in [0.25, 0.3) is 21.9 Å². The molecule has 2 aliphatic rings. The van der Waals surface area contributed by atoms with Crippen LogP contribution in [0.15, 0.2) is 30.6 Å². The normalized spacial score (nSPS) is 23.0. The van der Waals surface area contributed by atoms with Crippen molar-refractivity contribution >= 4 is 34.1 Å². The Labute approximate surface area is 191 Å². The summed E-state index contributed by atoms with van der Waals surface area (Å²) in [5, 5.41) is 9.61. The number of hydrogen-bond donors (Lipinski definition) is 1. The van der Waals surface area contributed by atoms with Crippen molar-refractivity contribution in [3.05, 3.63) is 41.3 Å². The van der Waals surface area contributed by atoms with Crippen LogP contribution in [0.2, 0.25) is 5.02 Å². The Kier molecular flexibility index (Phi) is 5.63. The third-order valence-corrected chi connectivity index (χ3v) is 6.52. The fraction of sp³-hybridized carbons (Fsp3) is 0.458. The van der Waals surface area contributed by atoms with Crippen molar-refractivity contribution in [1.29, 1.82) is 0 Å². The Bertz CT molecular complexity index is 1170. The van der Waals surface area contributed by atoms with Crippen LogP contribution in [0.5, 0.6) is 0 Å². The molecule has 1 amide bonds. The molecule has 3 aromatic rings. The number of nitrogens with zero attached hydrogens (tertiary/aromatic N) is 3. The number of carbonyl (C=O) groups excluding carboxylic acids is 1. The summed E-state index contributed by atoms with van der Waals surface area (Å²) in [4.78, 5) is 16.4. The Morgan fingerprint density at radius 2 is 2.09 bits per heavy atom. The maximum atomic E-state index is 13.2. The van der Waals surface area contributed by atoms with Gasteiger partial charge in [-0.25, -0.2) is 14.1 Å². The lowest BCUT2D eigenvalue weighted by molar-refractivity contribution is -0.117. The molecule has 0 radical (unpaired) electrons. The number of pyridine rings is 1. The number of carbonyl (C=O) groups is 1. The number of hydrogen-bond acceptors (Lipinski definition) is 4. The Hall–Kier alpha value is -2.51. The van der Waals surface area contributed by atoms with Gasteiger partial charge in [-0.1, -0.05) is 25.4 Å². The van der Waals surface area contributed by atoms with Crippen molar-refractivity contribution in [3.63, 3.8) is 0 Å². The monoisotopic (exact) mass is 456 g/mol. The van der Waals surface area contributed by atoms with Crippen LogP contribution in [0, 0.1) is 5.92 Å². The van der Waals surface area contributed by atoms with Crippen molar-refractivity contribution in [2.45, 2.75) is 57.8 Å². The van der Waals surface area contributed by atoms with E-state index in [0.717, 1.165) is 53.5 Å². The molecule has 6 nitrogen and oxygen atoms in total. The number of fused-ring (bicyclic) bond motifs is 1. The highest BCUT2D eigenvalue weighted by atomic mass is 35.5. The standard InChI is InChI=1S/C24H26ClFN4O2/c1-13(2)23-18(12-28-30(23)22-5-3-4-6-32-22)14-7-15-9-21(27-11-17(15)19(25)8-14)29-24(31)16-10-20(16)26/h7-9,11-13,16,20,22H,3-6,10H2,1-2H3,(H,27,29,31)/t16-,20+,22?/m1/s1. The lowest BCUT2D eigenvalue weighted by atomic mass is 9.97. The van der Waals surface area contributed by atoms with E-state index < -0.39 is 12.1 Å². The van der Waals surface area contributed by atoms with E-state index >= 15 is 0 Å². The van der Waals surface area contributed by atoms with E-state index in [4.69, 9.17) is 16.3 Å². The third kappa shape index (κ3) is 3.99. The van der Waals surface area contributed by atoms with E-state index in [0.29, 0.717) is 10.8 Å². The first kappa shape index (κ1) is 21.3. The zero-order chi connectivity index (χ0) is 22.4. The number of nitrogens with one attached hydrogen (secondary N) is 1. The van der Waals surface area contributed by atoms with E-state index in [-0.39, 0.29) is 24.5 Å². The minimum absolute atomic E-state index is 0.0430. The van der Waals surface area contributed by atoms with Gasteiger partial charge in [0.1, 0.15) is 18.2 Å². The second kappa shape index (κ2) is 8.45. The fourth-order valence-corrected chi connectivity index (χ4v) is 4.68. The molecule has 0 spiro atoms. The molecule has 1 aliphatic carbocycles. The summed E-state index contributed by atoms with van der Waals surface area (Å²) in [5.41, 5.74) is 3.07. The number of rotatable bonds is 5. The van der Waals surface area contributed by atoms with Gasteiger partial charge in [0.15, 0.2) is 0 Å². The second-order valence-corrected chi connectivity index (χ2v) is 9.37. The van der Waals surface area contributed by atoms with Crippen LogP contribution in [0.3, 0.4) is 0 Å². The van der Waals surface area contributed by atoms with Crippen LogP contribution in [-0.4, -0.2) is 33.5 Å². The summed E-state index contributed by atoms with van der Waals surface area (Å²) in [7, 11) is 0. The lowest BCUT2D eigenvalue weighted by Crippen LogP contribution is -2.21. The lowest BCUT2D eigenvalue weighted by Gasteiger charge is -2.26. The summed E-state index contributed by atoms with van der Waals surface area (Å²) in [6.45, 7) is 5.05. The number of benzene rings is 1. The van der Waals surface area contributed by atoms with Crippen LogP contribution in [0.4, 0.5) is 10.2 Å². The first-order valence-electron chi connectivity index (χ1n) is 11.2. The maximum absolute atomic E-state index is 13.2. The molecule has 3 atom stereocenters. The first-order chi connectivity index (χ1) is 15.4. The number of halogens is 2. The minimum atomic E-state index is -1.05. The Morgan fingerprint density at radius 3 is 2.78 bits per heavy atom. The van der Waals surface area contributed by atoms with E-state index in [1.165, 1.54) is 0 Å².